The highest BCUT2D eigenvalue weighted by atomic mass is 35.5. The summed E-state index contributed by atoms with van der Waals surface area (Å²) in [5, 5.41) is 5.23. The van der Waals surface area contributed by atoms with Crippen molar-refractivity contribution in [3.8, 4) is 0 Å². The van der Waals surface area contributed by atoms with E-state index in [1.165, 1.54) is 16.7 Å². The van der Waals surface area contributed by atoms with Gasteiger partial charge in [0.15, 0.2) is 0 Å². The maximum Gasteiger partial charge on any atom is 0.112 e. The van der Waals surface area contributed by atoms with E-state index in [0.717, 1.165) is 48.2 Å². The number of morpholine rings is 1. The average molecular weight is 411 g/mol. The third-order valence-electron chi connectivity index (χ3n) is 5.32. The quantitative estimate of drug-likeness (QED) is 0.630. The van der Waals surface area contributed by atoms with E-state index >= 15 is 0 Å². The Balaban J connectivity index is 1.49. The fourth-order valence-electron chi connectivity index (χ4n) is 3.99. The molecule has 1 atom stereocenters. The first-order valence-electron chi connectivity index (χ1n) is 10.0. The van der Waals surface area contributed by atoms with Crippen molar-refractivity contribution in [1.82, 2.24) is 19.7 Å². The highest BCUT2D eigenvalue weighted by Crippen LogP contribution is 2.25. The Kier molecular flexibility index (Phi) is 5.99. The SMILES string of the molecule is Cc1cc(Cc2cccc(Cl)c2)cc([C@H]2CN(Cc3cn(C)nc3C)CCO2)n1. The van der Waals surface area contributed by atoms with Crippen molar-refractivity contribution in [1.29, 1.82) is 0 Å². The molecule has 0 bridgehead atoms. The Morgan fingerprint density at radius 3 is 2.79 bits per heavy atom. The van der Waals surface area contributed by atoms with Crippen molar-refractivity contribution < 1.29 is 4.74 Å². The van der Waals surface area contributed by atoms with Crippen molar-refractivity contribution >= 4 is 11.6 Å². The van der Waals surface area contributed by atoms with Crippen molar-refractivity contribution in [2.45, 2.75) is 32.9 Å². The number of ether oxygens (including phenoxy) is 1. The normalized spacial score (nSPS) is 17.6. The van der Waals surface area contributed by atoms with Crippen LogP contribution in [0.4, 0.5) is 0 Å². The zero-order chi connectivity index (χ0) is 20.4. The van der Waals surface area contributed by atoms with Gasteiger partial charge < -0.3 is 4.74 Å². The van der Waals surface area contributed by atoms with E-state index in [9.17, 15) is 0 Å². The highest BCUT2D eigenvalue weighted by molar-refractivity contribution is 6.30. The topological polar surface area (TPSA) is 43.2 Å². The largest absolute Gasteiger partial charge is 0.369 e. The van der Waals surface area contributed by atoms with Gasteiger partial charge in [0.2, 0.25) is 0 Å². The Bertz CT molecular complexity index is 1000. The van der Waals surface area contributed by atoms with Crippen LogP contribution in [0.2, 0.25) is 5.02 Å². The first kappa shape index (κ1) is 20.1. The monoisotopic (exact) mass is 410 g/mol. The van der Waals surface area contributed by atoms with Gasteiger partial charge in [-0.1, -0.05) is 23.7 Å². The number of hydrogen-bond acceptors (Lipinski definition) is 4. The second-order valence-corrected chi connectivity index (χ2v) is 8.29. The van der Waals surface area contributed by atoms with Crippen molar-refractivity contribution in [3.05, 3.63) is 81.4 Å². The number of aromatic nitrogens is 3. The van der Waals surface area contributed by atoms with Crippen LogP contribution in [0.15, 0.2) is 42.6 Å². The van der Waals surface area contributed by atoms with Gasteiger partial charge in [-0.2, -0.15) is 5.10 Å². The minimum Gasteiger partial charge on any atom is -0.369 e. The summed E-state index contributed by atoms with van der Waals surface area (Å²) < 4.78 is 7.98. The molecule has 1 saturated heterocycles. The molecule has 1 fully saturated rings. The lowest BCUT2D eigenvalue weighted by Crippen LogP contribution is -2.38. The first-order chi connectivity index (χ1) is 14.0. The van der Waals surface area contributed by atoms with E-state index in [-0.39, 0.29) is 6.10 Å². The number of benzene rings is 1. The van der Waals surface area contributed by atoms with Crippen LogP contribution in [-0.4, -0.2) is 39.4 Å². The van der Waals surface area contributed by atoms with Crippen molar-refractivity contribution in [2.24, 2.45) is 7.05 Å². The minimum absolute atomic E-state index is 0.0151. The van der Waals surface area contributed by atoms with Gasteiger partial charge in [-0.3, -0.25) is 14.6 Å². The number of pyridine rings is 1. The van der Waals surface area contributed by atoms with Crippen LogP contribution in [0.5, 0.6) is 0 Å². The minimum atomic E-state index is -0.0151. The van der Waals surface area contributed by atoms with Gasteiger partial charge >= 0.3 is 0 Å². The van der Waals surface area contributed by atoms with E-state index in [1.54, 1.807) is 0 Å². The molecule has 1 aliphatic heterocycles. The number of aryl methyl sites for hydroxylation is 3. The van der Waals surface area contributed by atoms with Gasteiger partial charge in [-0.25, -0.2) is 0 Å². The van der Waals surface area contributed by atoms with Crippen molar-refractivity contribution in [2.75, 3.05) is 19.7 Å². The zero-order valence-corrected chi connectivity index (χ0v) is 18.0. The summed E-state index contributed by atoms with van der Waals surface area (Å²) in [6, 6.07) is 12.3. The molecule has 0 unspecified atom stereocenters. The molecule has 6 heteroatoms. The summed E-state index contributed by atoms with van der Waals surface area (Å²) in [5.41, 5.74) is 6.82. The second-order valence-electron chi connectivity index (χ2n) is 7.86. The Hall–Kier alpha value is -2.21. The molecule has 152 valence electrons. The lowest BCUT2D eigenvalue weighted by molar-refractivity contribution is -0.0351. The number of halogens is 1. The molecule has 3 aromatic rings. The number of nitrogens with zero attached hydrogens (tertiary/aromatic N) is 4. The summed E-state index contributed by atoms with van der Waals surface area (Å²) in [4.78, 5) is 7.22. The predicted molar refractivity (Wildman–Crippen MR) is 115 cm³/mol. The zero-order valence-electron chi connectivity index (χ0n) is 17.2. The van der Waals surface area contributed by atoms with Crippen LogP contribution in [0.1, 0.15) is 39.9 Å². The molecular formula is C23H27ClN4O. The van der Waals surface area contributed by atoms with Gasteiger partial charge in [0.05, 0.1) is 18.0 Å². The number of rotatable bonds is 5. The van der Waals surface area contributed by atoms with Gasteiger partial charge in [0.25, 0.3) is 0 Å². The van der Waals surface area contributed by atoms with Gasteiger partial charge in [0.1, 0.15) is 6.10 Å². The maximum absolute atomic E-state index is 6.15. The Morgan fingerprint density at radius 1 is 1.17 bits per heavy atom. The van der Waals surface area contributed by atoms with E-state index < -0.39 is 0 Å². The molecule has 0 amide bonds. The molecule has 29 heavy (non-hydrogen) atoms. The van der Waals surface area contributed by atoms with E-state index in [1.807, 2.05) is 36.9 Å². The summed E-state index contributed by atoms with van der Waals surface area (Å²) in [7, 11) is 1.97. The van der Waals surface area contributed by atoms with Gasteiger partial charge in [-0.05, 0) is 55.7 Å². The standard InChI is InChI=1S/C23H27ClN4O/c1-16-9-19(10-18-5-4-6-21(24)11-18)12-22(25-16)23-15-28(7-8-29-23)14-20-13-27(3)26-17(20)2/h4-6,9,11-13,23H,7-8,10,14-15H2,1-3H3/t23-/m1/s1. The van der Waals surface area contributed by atoms with Gasteiger partial charge in [-0.15, -0.1) is 0 Å². The average Bonchev–Trinajstić information content (AvgIpc) is 2.98. The third-order valence-corrected chi connectivity index (χ3v) is 5.55. The lowest BCUT2D eigenvalue weighted by atomic mass is 10.0. The molecule has 3 heterocycles. The van der Waals surface area contributed by atoms with E-state index in [0.29, 0.717) is 6.61 Å². The molecule has 0 aliphatic carbocycles. The first-order valence-corrected chi connectivity index (χ1v) is 10.4. The second kappa shape index (κ2) is 8.66. The predicted octanol–water partition coefficient (Wildman–Crippen LogP) is 4.25. The molecule has 0 spiro atoms. The van der Waals surface area contributed by atoms with Crippen LogP contribution in [0.3, 0.4) is 0 Å². The van der Waals surface area contributed by atoms with Crippen molar-refractivity contribution in [3.63, 3.8) is 0 Å². The molecular weight excluding hydrogens is 384 g/mol. The molecule has 0 N–H and O–H groups in total. The van der Waals surface area contributed by atoms with Crippen LogP contribution < -0.4 is 0 Å². The van der Waals surface area contributed by atoms with Crippen LogP contribution >= 0.6 is 11.6 Å². The molecule has 1 aromatic carbocycles. The fourth-order valence-corrected chi connectivity index (χ4v) is 4.20. The van der Waals surface area contributed by atoms with Crippen LogP contribution in [0.25, 0.3) is 0 Å². The Morgan fingerprint density at radius 2 is 2.03 bits per heavy atom. The molecule has 5 nitrogen and oxygen atoms in total. The lowest BCUT2D eigenvalue weighted by Gasteiger charge is -2.32. The summed E-state index contributed by atoms with van der Waals surface area (Å²) in [6.07, 6.45) is 2.93. The summed E-state index contributed by atoms with van der Waals surface area (Å²) >= 11 is 6.15. The van der Waals surface area contributed by atoms with Crippen LogP contribution in [-0.2, 0) is 24.8 Å². The molecule has 1 aliphatic rings. The van der Waals surface area contributed by atoms with Gasteiger partial charge in [0, 0.05) is 49.2 Å². The summed E-state index contributed by atoms with van der Waals surface area (Å²) in [5.74, 6) is 0. The van der Waals surface area contributed by atoms with E-state index in [2.05, 4.69) is 41.3 Å². The third kappa shape index (κ3) is 5.04. The Labute approximate surface area is 177 Å². The molecule has 0 saturated carbocycles. The highest BCUT2D eigenvalue weighted by Gasteiger charge is 2.24. The van der Waals surface area contributed by atoms with E-state index in [4.69, 9.17) is 21.3 Å². The fraction of sp³-hybridized carbons (Fsp3) is 0.391. The smallest absolute Gasteiger partial charge is 0.112 e. The molecule has 0 radical (unpaired) electrons. The van der Waals surface area contributed by atoms with Crippen LogP contribution in [0, 0.1) is 13.8 Å². The number of hydrogen-bond donors (Lipinski definition) is 0. The molecule has 4 rings (SSSR count). The summed E-state index contributed by atoms with van der Waals surface area (Å²) in [6.45, 7) is 7.47. The maximum atomic E-state index is 6.15. The molecule has 2 aromatic heterocycles.